The molecule has 6 nitrogen and oxygen atoms in total. The highest BCUT2D eigenvalue weighted by Gasteiger charge is 2.31. The van der Waals surface area contributed by atoms with Gasteiger partial charge < -0.3 is 9.64 Å². The van der Waals surface area contributed by atoms with Gasteiger partial charge in [0.15, 0.2) is 6.61 Å². The van der Waals surface area contributed by atoms with E-state index in [4.69, 9.17) is 16.3 Å². The molecule has 1 saturated heterocycles. The molecule has 1 heterocycles. The maximum absolute atomic E-state index is 12.7. The van der Waals surface area contributed by atoms with Crippen molar-refractivity contribution in [2.45, 2.75) is 11.1 Å². The number of carbonyl (C=O) groups is 1. The summed E-state index contributed by atoms with van der Waals surface area (Å²) in [6, 6.07) is 9.87. The average molecular weight is 463 g/mol. The van der Waals surface area contributed by atoms with Crippen molar-refractivity contribution in [3.8, 4) is 5.75 Å². The zero-order valence-corrected chi connectivity index (χ0v) is 17.2. The molecule has 0 aliphatic carbocycles. The Morgan fingerprint density at radius 1 is 0.967 bits per heavy atom. The lowest BCUT2D eigenvalue weighted by atomic mass is 10.2. The van der Waals surface area contributed by atoms with Crippen molar-refractivity contribution in [1.29, 1.82) is 0 Å². The van der Waals surface area contributed by atoms with Crippen LogP contribution in [0.4, 0.5) is 13.2 Å². The summed E-state index contributed by atoms with van der Waals surface area (Å²) >= 11 is 5.79. The minimum absolute atomic E-state index is 0.122. The van der Waals surface area contributed by atoms with E-state index in [1.165, 1.54) is 33.5 Å². The quantitative estimate of drug-likeness (QED) is 0.684. The highest BCUT2D eigenvalue weighted by Crippen LogP contribution is 2.30. The van der Waals surface area contributed by atoms with E-state index < -0.39 is 21.8 Å². The van der Waals surface area contributed by atoms with Crippen LogP contribution in [0.5, 0.6) is 5.75 Å². The smallest absolute Gasteiger partial charge is 0.416 e. The second-order valence-corrected chi connectivity index (χ2v) is 8.92. The zero-order valence-electron chi connectivity index (χ0n) is 15.6. The summed E-state index contributed by atoms with van der Waals surface area (Å²) < 4.78 is 69.6. The normalized spacial score (nSPS) is 15.8. The van der Waals surface area contributed by atoms with Crippen LogP contribution in [-0.4, -0.2) is 56.3 Å². The molecule has 1 aliphatic heterocycles. The lowest BCUT2D eigenvalue weighted by Crippen LogP contribution is -2.51. The third kappa shape index (κ3) is 5.24. The number of nitrogens with zero attached hydrogens (tertiary/aromatic N) is 2. The Morgan fingerprint density at radius 3 is 2.07 bits per heavy atom. The predicted molar refractivity (Wildman–Crippen MR) is 104 cm³/mol. The minimum Gasteiger partial charge on any atom is -0.484 e. The number of amides is 1. The van der Waals surface area contributed by atoms with Crippen LogP contribution in [0.2, 0.25) is 5.02 Å². The number of sulfonamides is 1. The molecule has 2 aromatic carbocycles. The van der Waals surface area contributed by atoms with Gasteiger partial charge in [-0.3, -0.25) is 4.79 Å². The third-order valence-electron chi connectivity index (χ3n) is 4.59. The van der Waals surface area contributed by atoms with Crippen LogP contribution in [0.1, 0.15) is 5.56 Å². The molecule has 0 radical (unpaired) electrons. The van der Waals surface area contributed by atoms with Gasteiger partial charge in [0.05, 0.1) is 10.5 Å². The number of hydrogen-bond donors (Lipinski definition) is 0. The van der Waals surface area contributed by atoms with Crippen molar-refractivity contribution < 1.29 is 31.1 Å². The average Bonchev–Trinajstić information content (AvgIpc) is 2.72. The number of carbonyl (C=O) groups excluding carboxylic acids is 1. The first-order valence-corrected chi connectivity index (χ1v) is 10.7. The molecule has 0 saturated carbocycles. The maximum atomic E-state index is 12.7. The number of benzene rings is 2. The standard InChI is InChI=1S/C19H18ClF3N2O4S/c20-15-3-7-17(8-4-15)30(27,28)25-11-9-24(10-12-25)18(26)13-29-16-5-1-14(2-6-16)19(21,22)23/h1-8H,9-13H2. The van der Waals surface area contributed by atoms with Crippen molar-refractivity contribution in [3.05, 3.63) is 59.1 Å². The number of rotatable bonds is 5. The third-order valence-corrected chi connectivity index (χ3v) is 6.75. The summed E-state index contributed by atoms with van der Waals surface area (Å²) in [5.41, 5.74) is -0.806. The van der Waals surface area contributed by atoms with Gasteiger partial charge in [0.25, 0.3) is 5.91 Å². The molecule has 2 aromatic rings. The van der Waals surface area contributed by atoms with Gasteiger partial charge in [-0.05, 0) is 48.5 Å². The van der Waals surface area contributed by atoms with Crippen LogP contribution in [0.3, 0.4) is 0 Å². The molecular formula is C19H18ClF3N2O4S. The summed E-state index contributed by atoms with van der Waals surface area (Å²) in [5.74, 6) is -0.237. The van der Waals surface area contributed by atoms with Gasteiger partial charge >= 0.3 is 6.18 Å². The van der Waals surface area contributed by atoms with E-state index in [9.17, 15) is 26.4 Å². The van der Waals surface area contributed by atoms with E-state index in [0.717, 1.165) is 24.3 Å². The number of piperazine rings is 1. The first kappa shape index (κ1) is 22.4. The molecule has 1 aliphatic rings. The first-order valence-electron chi connectivity index (χ1n) is 8.91. The number of ether oxygens (including phenoxy) is 1. The zero-order chi connectivity index (χ0) is 21.9. The van der Waals surface area contributed by atoms with E-state index in [-0.39, 0.29) is 49.3 Å². The fourth-order valence-electron chi connectivity index (χ4n) is 2.91. The Balaban J connectivity index is 1.52. The summed E-state index contributed by atoms with van der Waals surface area (Å²) in [4.78, 5) is 13.9. The van der Waals surface area contributed by atoms with Crippen LogP contribution in [0.25, 0.3) is 0 Å². The molecule has 0 spiro atoms. The van der Waals surface area contributed by atoms with E-state index in [1.807, 2.05) is 0 Å². The molecule has 0 unspecified atom stereocenters. The van der Waals surface area contributed by atoms with E-state index >= 15 is 0 Å². The van der Waals surface area contributed by atoms with Crippen molar-refractivity contribution in [3.63, 3.8) is 0 Å². The largest absolute Gasteiger partial charge is 0.484 e. The highest BCUT2D eigenvalue weighted by molar-refractivity contribution is 7.89. The summed E-state index contributed by atoms with van der Waals surface area (Å²) in [7, 11) is -3.69. The Morgan fingerprint density at radius 2 is 1.53 bits per heavy atom. The van der Waals surface area contributed by atoms with Crippen LogP contribution >= 0.6 is 11.6 Å². The van der Waals surface area contributed by atoms with E-state index in [1.54, 1.807) is 0 Å². The molecule has 1 amide bonds. The summed E-state index contributed by atoms with van der Waals surface area (Å²) in [5, 5.41) is 0.428. The molecule has 0 bridgehead atoms. The van der Waals surface area contributed by atoms with Gasteiger partial charge in [0, 0.05) is 31.2 Å². The van der Waals surface area contributed by atoms with E-state index in [2.05, 4.69) is 0 Å². The molecule has 162 valence electrons. The number of alkyl halides is 3. The van der Waals surface area contributed by atoms with Crippen LogP contribution < -0.4 is 4.74 Å². The monoisotopic (exact) mass is 462 g/mol. The molecule has 0 N–H and O–H groups in total. The number of halogens is 4. The lowest BCUT2D eigenvalue weighted by Gasteiger charge is -2.34. The Bertz CT molecular complexity index is 988. The van der Waals surface area contributed by atoms with Crippen molar-refractivity contribution >= 4 is 27.5 Å². The fraction of sp³-hybridized carbons (Fsp3) is 0.316. The van der Waals surface area contributed by atoms with Crippen molar-refractivity contribution in [1.82, 2.24) is 9.21 Å². The first-order chi connectivity index (χ1) is 14.1. The predicted octanol–water partition coefficient (Wildman–Crippen LogP) is 3.27. The molecule has 3 rings (SSSR count). The number of hydrogen-bond acceptors (Lipinski definition) is 4. The topological polar surface area (TPSA) is 66.9 Å². The second-order valence-electron chi connectivity index (χ2n) is 6.55. The lowest BCUT2D eigenvalue weighted by molar-refractivity contribution is -0.138. The van der Waals surface area contributed by atoms with Crippen LogP contribution in [0, 0.1) is 0 Å². The SMILES string of the molecule is O=C(COc1ccc(C(F)(F)F)cc1)N1CCN(S(=O)(=O)c2ccc(Cl)cc2)CC1. The van der Waals surface area contributed by atoms with E-state index in [0.29, 0.717) is 5.02 Å². The van der Waals surface area contributed by atoms with Crippen molar-refractivity contribution in [2.75, 3.05) is 32.8 Å². The van der Waals surface area contributed by atoms with Crippen LogP contribution in [-0.2, 0) is 21.0 Å². The van der Waals surface area contributed by atoms with Gasteiger partial charge in [-0.25, -0.2) is 8.42 Å². The fourth-order valence-corrected chi connectivity index (χ4v) is 4.46. The molecule has 30 heavy (non-hydrogen) atoms. The minimum atomic E-state index is -4.44. The summed E-state index contributed by atoms with van der Waals surface area (Å²) in [6.45, 7) is 0.257. The molecule has 1 fully saturated rings. The van der Waals surface area contributed by atoms with Gasteiger partial charge in [-0.2, -0.15) is 17.5 Å². The molecular weight excluding hydrogens is 445 g/mol. The van der Waals surface area contributed by atoms with Gasteiger partial charge in [0.1, 0.15) is 5.75 Å². The molecule has 0 atom stereocenters. The maximum Gasteiger partial charge on any atom is 0.416 e. The molecule has 11 heteroatoms. The van der Waals surface area contributed by atoms with Crippen molar-refractivity contribution in [2.24, 2.45) is 0 Å². The highest BCUT2D eigenvalue weighted by atomic mass is 35.5. The van der Waals surface area contributed by atoms with Gasteiger partial charge in [-0.1, -0.05) is 11.6 Å². The Kier molecular flexibility index (Phi) is 6.59. The van der Waals surface area contributed by atoms with Gasteiger partial charge in [0.2, 0.25) is 10.0 Å². The second kappa shape index (κ2) is 8.83. The summed E-state index contributed by atoms with van der Waals surface area (Å²) in [6.07, 6.45) is -4.44. The Hall–Kier alpha value is -2.30. The van der Waals surface area contributed by atoms with Gasteiger partial charge in [-0.15, -0.1) is 0 Å². The van der Waals surface area contributed by atoms with Crippen LogP contribution in [0.15, 0.2) is 53.4 Å². The molecule has 0 aromatic heterocycles. The Labute approximate surface area is 176 Å².